The molecule has 0 saturated carbocycles. The first-order valence-electron chi connectivity index (χ1n) is 5.92. The maximum Gasteiger partial charge on any atom is 0.485 e. The summed E-state index contributed by atoms with van der Waals surface area (Å²) in [5, 5.41) is 0. The van der Waals surface area contributed by atoms with Gasteiger partial charge in [-0.25, -0.2) is 0 Å². The van der Waals surface area contributed by atoms with E-state index in [1.165, 1.54) is 0 Å². The van der Waals surface area contributed by atoms with Crippen molar-refractivity contribution >= 4 is 7.12 Å². The quantitative estimate of drug-likeness (QED) is 0.546. The second-order valence-corrected chi connectivity index (χ2v) is 4.71. The summed E-state index contributed by atoms with van der Waals surface area (Å²) in [5.74, 6) is 3.07. The van der Waals surface area contributed by atoms with Gasteiger partial charge in [0, 0.05) is 13.2 Å². The van der Waals surface area contributed by atoms with Gasteiger partial charge in [-0.15, -0.1) is 6.58 Å². The fourth-order valence-electron chi connectivity index (χ4n) is 1.02. The normalized spacial score (nSPS) is 11.1. The first-order chi connectivity index (χ1) is 7.06. The standard InChI is InChI=1S/C12H25BO2/c1-6-13(14-9-7-11(2)3)15-10-8-12(4)5/h6,11-12H,1,7-10H2,2-5H3. The molecule has 3 heteroatoms. The van der Waals surface area contributed by atoms with E-state index in [0.717, 1.165) is 26.1 Å². The number of hydrogen-bond acceptors (Lipinski definition) is 2. The first-order valence-corrected chi connectivity index (χ1v) is 5.92. The Hall–Kier alpha value is -0.275. The van der Waals surface area contributed by atoms with E-state index in [4.69, 9.17) is 9.31 Å². The van der Waals surface area contributed by atoms with Crippen LogP contribution in [-0.4, -0.2) is 20.3 Å². The summed E-state index contributed by atoms with van der Waals surface area (Å²) >= 11 is 0. The largest absolute Gasteiger partial charge is 0.485 e. The topological polar surface area (TPSA) is 18.5 Å². The van der Waals surface area contributed by atoms with Gasteiger partial charge in [-0.1, -0.05) is 33.7 Å². The van der Waals surface area contributed by atoms with Crippen molar-refractivity contribution in [2.24, 2.45) is 11.8 Å². The maximum atomic E-state index is 5.54. The molecule has 0 fully saturated rings. The molecule has 88 valence electrons. The molecule has 0 heterocycles. The molecule has 0 unspecified atom stereocenters. The van der Waals surface area contributed by atoms with Crippen molar-refractivity contribution in [3.63, 3.8) is 0 Å². The lowest BCUT2D eigenvalue weighted by Gasteiger charge is -2.13. The molecule has 0 atom stereocenters. The minimum Gasteiger partial charge on any atom is -0.408 e. The zero-order valence-corrected chi connectivity index (χ0v) is 10.7. The maximum absolute atomic E-state index is 5.54. The third-order valence-electron chi connectivity index (χ3n) is 2.15. The van der Waals surface area contributed by atoms with Crippen LogP contribution >= 0.6 is 0 Å². The van der Waals surface area contributed by atoms with Crippen molar-refractivity contribution in [3.05, 3.63) is 12.6 Å². The van der Waals surface area contributed by atoms with Gasteiger partial charge in [0.25, 0.3) is 0 Å². The molecule has 0 radical (unpaired) electrons. The van der Waals surface area contributed by atoms with Crippen LogP contribution in [0.25, 0.3) is 0 Å². The van der Waals surface area contributed by atoms with E-state index < -0.39 is 0 Å². The van der Waals surface area contributed by atoms with E-state index in [0.29, 0.717) is 11.8 Å². The number of rotatable bonds is 9. The molecule has 0 spiro atoms. The molecular formula is C12H25BO2. The van der Waals surface area contributed by atoms with Crippen LogP contribution in [0.5, 0.6) is 0 Å². The molecule has 0 aliphatic heterocycles. The van der Waals surface area contributed by atoms with E-state index in [2.05, 4.69) is 34.3 Å². The lowest BCUT2D eigenvalue weighted by Crippen LogP contribution is -2.22. The highest BCUT2D eigenvalue weighted by Crippen LogP contribution is 2.03. The summed E-state index contributed by atoms with van der Waals surface area (Å²) < 4.78 is 11.1. The van der Waals surface area contributed by atoms with Crippen LogP contribution in [0.2, 0.25) is 0 Å². The molecule has 0 aliphatic carbocycles. The average molecular weight is 212 g/mol. The lowest BCUT2D eigenvalue weighted by atomic mass is 9.90. The molecule has 0 bridgehead atoms. The smallest absolute Gasteiger partial charge is 0.408 e. The monoisotopic (exact) mass is 212 g/mol. The summed E-state index contributed by atoms with van der Waals surface area (Å²) in [6.07, 6.45) is 2.13. The Morgan fingerprint density at radius 3 is 1.67 bits per heavy atom. The molecule has 0 N–H and O–H groups in total. The zero-order valence-electron chi connectivity index (χ0n) is 10.7. The summed E-state index contributed by atoms with van der Waals surface area (Å²) in [5.41, 5.74) is 0. The van der Waals surface area contributed by atoms with Gasteiger partial charge in [-0.05, 0) is 24.7 Å². The Balaban J connectivity index is 3.50. The highest BCUT2D eigenvalue weighted by atomic mass is 16.6. The Labute approximate surface area is 95.2 Å². The molecule has 0 rings (SSSR count). The van der Waals surface area contributed by atoms with Gasteiger partial charge < -0.3 is 9.31 Å². The van der Waals surface area contributed by atoms with Gasteiger partial charge in [0.1, 0.15) is 0 Å². The van der Waals surface area contributed by atoms with E-state index in [9.17, 15) is 0 Å². The minimum absolute atomic E-state index is 0.234. The van der Waals surface area contributed by atoms with Crippen LogP contribution in [0.1, 0.15) is 40.5 Å². The Bertz CT molecular complexity index is 144. The fourth-order valence-corrected chi connectivity index (χ4v) is 1.02. The van der Waals surface area contributed by atoms with Crippen molar-refractivity contribution < 1.29 is 9.31 Å². The molecule has 15 heavy (non-hydrogen) atoms. The fraction of sp³-hybridized carbons (Fsp3) is 0.833. The van der Waals surface area contributed by atoms with E-state index in [1.807, 2.05) is 0 Å². The molecule has 0 aromatic rings. The van der Waals surface area contributed by atoms with Crippen LogP contribution in [-0.2, 0) is 9.31 Å². The van der Waals surface area contributed by atoms with E-state index in [-0.39, 0.29) is 7.12 Å². The predicted octanol–water partition coefficient (Wildman–Crippen LogP) is 3.33. The highest BCUT2D eigenvalue weighted by molar-refractivity contribution is 6.50. The molecule has 0 aromatic carbocycles. The molecule has 0 aromatic heterocycles. The number of hydrogen-bond donors (Lipinski definition) is 0. The van der Waals surface area contributed by atoms with Gasteiger partial charge in [-0.3, -0.25) is 0 Å². The zero-order chi connectivity index (χ0) is 11.7. The summed E-state index contributed by atoms with van der Waals surface area (Å²) in [7, 11) is -0.234. The van der Waals surface area contributed by atoms with Gasteiger partial charge in [0.15, 0.2) is 0 Å². The van der Waals surface area contributed by atoms with Crippen LogP contribution < -0.4 is 0 Å². The Kier molecular flexibility index (Phi) is 8.82. The van der Waals surface area contributed by atoms with Gasteiger partial charge in [-0.2, -0.15) is 0 Å². The van der Waals surface area contributed by atoms with Crippen LogP contribution in [0.4, 0.5) is 0 Å². The van der Waals surface area contributed by atoms with Gasteiger partial charge >= 0.3 is 7.12 Å². The second kappa shape index (κ2) is 8.99. The highest BCUT2D eigenvalue weighted by Gasteiger charge is 2.13. The van der Waals surface area contributed by atoms with Crippen LogP contribution in [0.3, 0.4) is 0 Å². The molecular weight excluding hydrogens is 187 g/mol. The Morgan fingerprint density at radius 2 is 1.40 bits per heavy atom. The molecule has 0 saturated heterocycles. The molecule has 0 aliphatic rings. The lowest BCUT2D eigenvalue weighted by molar-refractivity contribution is 0.189. The molecule has 2 nitrogen and oxygen atoms in total. The van der Waals surface area contributed by atoms with Crippen molar-refractivity contribution in [2.75, 3.05) is 13.2 Å². The van der Waals surface area contributed by atoms with E-state index in [1.54, 1.807) is 5.98 Å². The first kappa shape index (κ1) is 14.7. The van der Waals surface area contributed by atoms with Gasteiger partial charge in [0.2, 0.25) is 0 Å². The van der Waals surface area contributed by atoms with E-state index >= 15 is 0 Å². The van der Waals surface area contributed by atoms with Crippen molar-refractivity contribution in [1.29, 1.82) is 0 Å². The van der Waals surface area contributed by atoms with Crippen molar-refractivity contribution in [1.82, 2.24) is 0 Å². The summed E-state index contributed by atoms with van der Waals surface area (Å²) in [6.45, 7) is 13.9. The van der Waals surface area contributed by atoms with Gasteiger partial charge in [0.05, 0.1) is 0 Å². The van der Waals surface area contributed by atoms with Crippen LogP contribution in [0, 0.1) is 11.8 Å². The van der Waals surface area contributed by atoms with Crippen LogP contribution in [0.15, 0.2) is 12.6 Å². The minimum atomic E-state index is -0.234. The van der Waals surface area contributed by atoms with Crippen molar-refractivity contribution in [3.8, 4) is 0 Å². The summed E-state index contributed by atoms with van der Waals surface area (Å²) in [6, 6.07) is 0. The third kappa shape index (κ3) is 10.0. The Morgan fingerprint density at radius 1 is 1.00 bits per heavy atom. The SMILES string of the molecule is C=CB(OCCC(C)C)OCCC(C)C. The van der Waals surface area contributed by atoms with Crippen molar-refractivity contribution in [2.45, 2.75) is 40.5 Å². The predicted molar refractivity (Wildman–Crippen MR) is 66.8 cm³/mol. The third-order valence-corrected chi connectivity index (χ3v) is 2.15. The summed E-state index contributed by atoms with van der Waals surface area (Å²) in [4.78, 5) is 0. The second-order valence-electron chi connectivity index (χ2n) is 4.71. The average Bonchev–Trinajstić information content (AvgIpc) is 2.14. The molecule has 0 amide bonds.